The lowest BCUT2D eigenvalue weighted by Gasteiger charge is -2.25. The molecule has 3 aromatic carbocycles. The molecule has 6 aromatic rings. The van der Waals surface area contributed by atoms with Crippen LogP contribution in [0.15, 0.2) is 127 Å². The van der Waals surface area contributed by atoms with Crippen molar-refractivity contribution in [2.45, 2.75) is 101 Å². The van der Waals surface area contributed by atoms with Gasteiger partial charge in [0.25, 0.3) is 46.4 Å². The number of hydrazone groups is 1. The third-order valence-electron chi connectivity index (χ3n) is 15.1. The first-order valence-electron chi connectivity index (χ1n) is 32.9. The Balaban J connectivity index is 0.835. The molecule has 4 atom stereocenters. The number of unbranched alkanes of at least 4 members (excludes halogenated alkanes) is 2. The molecule has 3 heterocycles. The molecular formula is C65H86N14O22S4. The number of pyridine rings is 2. The summed E-state index contributed by atoms with van der Waals surface area (Å²) in [6, 6.07) is 25.5. The minimum Gasteiger partial charge on any atom is -0.478 e. The van der Waals surface area contributed by atoms with Crippen LogP contribution in [0.4, 0.5) is 5.82 Å². The van der Waals surface area contributed by atoms with Crippen LogP contribution in [0, 0.1) is 0 Å². The zero-order valence-corrected chi connectivity index (χ0v) is 60.7. The van der Waals surface area contributed by atoms with E-state index in [9.17, 15) is 80.6 Å². The van der Waals surface area contributed by atoms with Gasteiger partial charge in [-0.1, -0.05) is 105 Å². The predicted molar refractivity (Wildman–Crippen MR) is 381 cm³/mol. The molecule has 0 aliphatic carbocycles. The summed E-state index contributed by atoms with van der Waals surface area (Å²) in [6.07, 6.45) is 7.16. The number of carbonyl (C=O) groups is 6. The Labute approximate surface area is 607 Å². The molecule has 0 aliphatic heterocycles. The molecule has 0 saturated carbocycles. The third kappa shape index (κ3) is 33.1. The smallest absolute Gasteiger partial charge is 0.267 e. The fraction of sp³-hybridized carbons (Fsp3) is 0.446. The van der Waals surface area contributed by atoms with Gasteiger partial charge in [0, 0.05) is 62.5 Å². The molecule has 0 unspecified atom stereocenters. The maximum Gasteiger partial charge on any atom is 0.267 e. The number of rotatable bonds is 48. The number of hydrogen-bond donors (Lipinski definition) is 11. The number of carbonyl (C=O) groups excluding carboxylic acids is 6. The van der Waals surface area contributed by atoms with Crippen LogP contribution >= 0.6 is 0 Å². The van der Waals surface area contributed by atoms with E-state index in [-0.39, 0.29) is 68.7 Å². The van der Waals surface area contributed by atoms with Gasteiger partial charge in [0.2, 0.25) is 35.4 Å². The van der Waals surface area contributed by atoms with E-state index in [2.05, 4.69) is 73.7 Å². The van der Waals surface area contributed by atoms with Gasteiger partial charge in [-0.2, -0.15) is 38.8 Å². The summed E-state index contributed by atoms with van der Waals surface area (Å²) in [5, 5.41) is 28.8. The van der Waals surface area contributed by atoms with Crippen LogP contribution in [-0.4, -0.2) is 230 Å². The van der Waals surface area contributed by atoms with Crippen molar-refractivity contribution in [3.63, 3.8) is 0 Å². The fourth-order valence-electron chi connectivity index (χ4n) is 9.96. The average Bonchev–Trinajstić information content (AvgIpc) is 1.43. The number of aromatic nitrogens is 6. The molecule has 0 radical (unpaired) electrons. The van der Waals surface area contributed by atoms with Gasteiger partial charge in [0.05, 0.1) is 50.5 Å². The van der Waals surface area contributed by atoms with Crippen molar-refractivity contribution in [1.29, 1.82) is 0 Å². The van der Waals surface area contributed by atoms with Gasteiger partial charge in [-0.3, -0.25) is 52.4 Å². The van der Waals surface area contributed by atoms with E-state index < -0.39 is 117 Å². The SMILES string of the molecule is CC(C)(CCCCOc1cc(-c2ccccc2)cc(-c2ccccc2)n1)c1nnnn1CCCCC(=O)NCCCOCCOCCOCCCNC(=O)[C@H](CS(=O)(=O)O)NC(=O)[C@H](CS(=O)(=O)O)NC(=O)[C@H](CS(=O)(=O)O)NC(=O)[C@H](CS(=O)(=O)O)NC(=O)c1ccc(N/N=C/c2ccccc2)nc1. The summed E-state index contributed by atoms with van der Waals surface area (Å²) >= 11 is 0. The van der Waals surface area contributed by atoms with Crippen molar-refractivity contribution in [2.75, 3.05) is 87.8 Å². The molecule has 0 saturated heterocycles. The van der Waals surface area contributed by atoms with E-state index in [1.54, 1.807) is 51.0 Å². The first-order valence-corrected chi connectivity index (χ1v) is 39.4. The molecule has 6 rings (SSSR count). The first kappa shape index (κ1) is 84.6. The van der Waals surface area contributed by atoms with Gasteiger partial charge in [-0.15, -0.1) is 5.10 Å². The number of benzene rings is 3. The number of hydrogen-bond acceptors (Lipinski definition) is 25. The van der Waals surface area contributed by atoms with Crippen LogP contribution < -0.4 is 42.1 Å². The molecule has 105 heavy (non-hydrogen) atoms. The van der Waals surface area contributed by atoms with Gasteiger partial charge in [0.1, 0.15) is 53.0 Å². The van der Waals surface area contributed by atoms with Gasteiger partial charge in [-0.25, -0.2) is 14.6 Å². The number of amides is 6. The van der Waals surface area contributed by atoms with E-state index in [0.717, 1.165) is 65.3 Å². The summed E-state index contributed by atoms with van der Waals surface area (Å²) in [4.78, 5) is 88.3. The van der Waals surface area contributed by atoms with Crippen molar-refractivity contribution in [3.05, 3.63) is 138 Å². The molecule has 0 spiro atoms. The lowest BCUT2D eigenvalue weighted by Crippen LogP contribution is -2.61. The Morgan fingerprint density at radius 2 is 1.05 bits per heavy atom. The molecule has 0 bridgehead atoms. The third-order valence-corrected chi connectivity index (χ3v) is 18.1. The van der Waals surface area contributed by atoms with Crippen molar-refractivity contribution < 1.29 is 99.6 Å². The van der Waals surface area contributed by atoms with Crippen LogP contribution in [0.3, 0.4) is 0 Å². The van der Waals surface area contributed by atoms with Crippen molar-refractivity contribution in [2.24, 2.45) is 5.10 Å². The van der Waals surface area contributed by atoms with Crippen molar-refractivity contribution >= 4 is 87.9 Å². The minimum atomic E-state index is -5.36. The summed E-state index contributed by atoms with van der Waals surface area (Å²) in [7, 11) is -21.0. The van der Waals surface area contributed by atoms with E-state index in [4.69, 9.17) is 23.9 Å². The second kappa shape index (κ2) is 42.0. The van der Waals surface area contributed by atoms with Crippen LogP contribution in [0.2, 0.25) is 0 Å². The van der Waals surface area contributed by atoms with E-state index in [1.807, 2.05) is 59.9 Å². The number of aryl methyl sites for hydroxylation is 1. The number of ether oxygens (including phenoxy) is 4. The standard InChI is InChI=1S/C65H86N14O22S4/c1-65(2,27-13-15-33-101-58-39-50(47-20-8-4-9-21-47)38-51(70-58)48-22-10-5-11-23-48)64-76-77-78-79(64)30-14-12-24-57(80)66-28-16-31-98-34-36-100-37-35-99-32-17-29-67-60(82)52(42-102(86,87)88)72-62(84)54(44-104(92,93)94)74-63(85)55(45-105(95,96)97)73-61(83)53(43-103(89,90)91)71-59(81)49-25-26-56(68-41-49)75-69-40-46-18-6-3-7-19-46/h3-11,18-23,25-26,38-41,52-55H,12-17,24,27-37,42-45H2,1-2H3,(H,66,80)(H,67,82)(H,68,75)(H,71,81)(H,72,84)(H,73,83)(H,74,85)(H,86,87,88)(H,89,90,91)(H,92,93,94)(H,95,96,97)/b69-40+/t52-,53-,54-,55-/m0/s1. The Hall–Kier alpha value is -9.36. The maximum absolute atomic E-state index is 13.6. The maximum atomic E-state index is 13.6. The summed E-state index contributed by atoms with van der Waals surface area (Å²) in [6.45, 7) is 6.46. The Kier molecular flexibility index (Phi) is 33.8. The molecular weight excluding hydrogens is 1460 g/mol. The van der Waals surface area contributed by atoms with Gasteiger partial charge in [-0.05, 0) is 90.3 Å². The second-order valence-electron chi connectivity index (χ2n) is 24.3. The quantitative estimate of drug-likeness (QED) is 0.0112. The van der Waals surface area contributed by atoms with Gasteiger partial charge in [0.15, 0.2) is 5.82 Å². The molecule has 11 N–H and O–H groups in total. The number of nitrogens with one attached hydrogen (secondary N) is 7. The second-order valence-corrected chi connectivity index (χ2v) is 30.3. The Morgan fingerprint density at radius 1 is 0.543 bits per heavy atom. The van der Waals surface area contributed by atoms with E-state index in [1.165, 1.54) is 12.3 Å². The lowest BCUT2D eigenvalue weighted by atomic mass is 9.86. The molecule has 3 aromatic heterocycles. The molecule has 0 fully saturated rings. The van der Waals surface area contributed by atoms with Crippen molar-refractivity contribution in [1.82, 2.24) is 62.1 Å². The summed E-state index contributed by atoms with van der Waals surface area (Å²) in [5.74, 6) is -13.3. The summed E-state index contributed by atoms with van der Waals surface area (Å²) < 4.78 is 159. The number of nitrogens with zero attached hydrogens (tertiary/aromatic N) is 7. The zero-order valence-electron chi connectivity index (χ0n) is 57.4. The monoisotopic (exact) mass is 1540 g/mol. The highest BCUT2D eigenvalue weighted by Gasteiger charge is 2.37. The van der Waals surface area contributed by atoms with Crippen LogP contribution in [-0.2, 0) is 90.6 Å². The summed E-state index contributed by atoms with van der Waals surface area (Å²) in [5.41, 5.74) is 6.61. The highest BCUT2D eigenvalue weighted by molar-refractivity contribution is 7.86. The molecule has 0 aliphatic rings. The van der Waals surface area contributed by atoms with Crippen LogP contribution in [0.1, 0.15) is 87.0 Å². The number of anilines is 1. The minimum absolute atomic E-state index is 0.00307. The van der Waals surface area contributed by atoms with Crippen LogP contribution in [0.25, 0.3) is 22.4 Å². The van der Waals surface area contributed by atoms with E-state index in [0.29, 0.717) is 57.9 Å². The Morgan fingerprint density at radius 3 is 1.58 bits per heavy atom. The average molecular weight is 1540 g/mol. The van der Waals surface area contributed by atoms with E-state index >= 15 is 0 Å². The molecule has 40 heteroatoms. The Bertz CT molecular complexity index is 4240. The predicted octanol–water partition coefficient (Wildman–Crippen LogP) is 1.81. The fourth-order valence-corrected chi connectivity index (χ4v) is 12.6. The molecule has 572 valence electrons. The highest BCUT2D eigenvalue weighted by Crippen LogP contribution is 2.30. The van der Waals surface area contributed by atoms with Crippen molar-refractivity contribution in [3.8, 4) is 28.3 Å². The van der Waals surface area contributed by atoms with Crippen LogP contribution in [0.5, 0.6) is 5.88 Å². The van der Waals surface area contributed by atoms with Gasteiger partial charge >= 0.3 is 0 Å². The first-order chi connectivity index (χ1) is 49.8. The largest absolute Gasteiger partial charge is 0.478 e. The van der Waals surface area contributed by atoms with Gasteiger partial charge < -0.3 is 50.8 Å². The molecule has 36 nitrogen and oxygen atoms in total. The number of tetrazole rings is 1. The zero-order chi connectivity index (χ0) is 76.5. The topological polar surface area (TPSA) is 523 Å². The molecule has 6 amide bonds. The normalized spacial score (nSPS) is 13.2. The highest BCUT2D eigenvalue weighted by atomic mass is 32.2. The lowest BCUT2D eigenvalue weighted by molar-refractivity contribution is -0.133.